The Morgan fingerprint density at radius 3 is 2.85 bits per heavy atom. The highest BCUT2D eigenvalue weighted by molar-refractivity contribution is 4.92. The Kier molecular flexibility index (Phi) is 4.97. The first-order chi connectivity index (χ1) is 9.80. The largest absolute Gasteiger partial charge is 0.396 e. The zero-order chi connectivity index (χ0) is 13.8. The van der Waals surface area contributed by atoms with Crippen LogP contribution in [0.3, 0.4) is 0 Å². The van der Waals surface area contributed by atoms with E-state index in [1.807, 2.05) is 0 Å². The molecule has 2 unspecified atom stereocenters. The maximum absolute atomic E-state index is 9.40. The molecule has 0 aromatic heterocycles. The summed E-state index contributed by atoms with van der Waals surface area (Å²) in [6.45, 7) is 6.71. The van der Waals surface area contributed by atoms with E-state index in [0.717, 1.165) is 38.9 Å². The fourth-order valence-electron chi connectivity index (χ4n) is 3.80. The van der Waals surface area contributed by atoms with Gasteiger partial charge in [-0.2, -0.15) is 0 Å². The van der Waals surface area contributed by atoms with Crippen LogP contribution in [-0.4, -0.2) is 62.0 Å². The summed E-state index contributed by atoms with van der Waals surface area (Å²) < 4.78 is 5.82. The lowest BCUT2D eigenvalue weighted by Crippen LogP contribution is -2.51. The van der Waals surface area contributed by atoms with E-state index in [0.29, 0.717) is 17.9 Å². The highest BCUT2D eigenvalue weighted by Gasteiger charge is 2.37. The van der Waals surface area contributed by atoms with Crippen molar-refractivity contribution in [3.8, 4) is 0 Å². The molecule has 2 saturated heterocycles. The quantitative estimate of drug-likeness (QED) is 0.769. The van der Waals surface area contributed by atoms with Crippen LogP contribution >= 0.6 is 0 Å². The van der Waals surface area contributed by atoms with Gasteiger partial charge >= 0.3 is 0 Å². The average Bonchev–Trinajstić information content (AvgIpc) is 3.31. The van der Waals surface area contributed by atoms with Crippen molar-refractivity contribution in [3.63, 3.8) is 0 Å². The van der Waals surface area contributed by atoms with Gasteiger partial charge in [-0.3, -0.25) is 0 Å². The highest BCUT2D eigenvalue weighted by atomic mass is 16.5. The SMILES string of the molecule is OCC1CCCN(CC2(CNC3CC3)CCCOC2)C1. The molecule has 1 saturated carbocycles. The summed E-state index contributed by atoms with van der Waals surface area (Å²) in [5, 5.41) is 13.1. The van der Waals surface area contributed by atoms with Crippen molar-refractivity contribution in [1.82, 2.24) is 10.2 Å². The average molecular weight is 282 g/mol. The van der Waals surface area contributed by atoms with E-state index in [4.69, 9.17) is 4.74 Å². The molecule has 0 aromatic carbocycles. The highest BCUT2D eigenvalue weighted by Crippen LogP contribution is 2.32. The Morgan fingerprint density at radius 2 is 2.15 bits per heavy atom. The number of hydrogen-bond acceptors (Lipinski definition) is 4. The number of rotatable bonds is 6. The van der Waals surface area contributed by atoms with Crippen molar-refractivity contribution < 1.29 is 9.84 Å². The standard InChI is InChI=1S/C16H30N2O2/c19-10-14-3-1-7-18(9-14)12-16(6-2-8-20-13-16)11-17-15-4-5-15/h14-15,17,19H,1-13H2. The van der Waals surface area contributed by atoms with Crippen LogP contribution in [0.15, 0.2) is 0 Å². The minimum Gasteiger partial charge on any atom is -0.396 e. The predicted molar refractivity (Wildman–Crippen MR) is 79.8 cm³/mol. The van der Waals surface area contributed by atoms with E-state index in [1.165, 1.54) is 45.1 Å². The number of likely N-dealkylation sites (tertiary alicyclic amines) is 1. The lowest BCUT2D eigenvalue weighted by molar-refractivity contribution is -0.0340. The number of piperidine rings is 1. The lowest BCUT2D eigenvalue weighted by Gasteiger charge is -2.43. The molecule has 0 spiro atoms. The van der Waals surface area contributed by atoms with E-state index in [2.05, 4.69) is 10.2 Å². The third kappa shape index (κ3) is 3.94. The zero-order valence-corrected chi connectivity index (χ0v) is 12.6. The van der Waals surface area contributed by atoms with E-state index >= 15 is 0 Å². The molecule has 0 amide bonds. The van der Waals surface area contributed by atoms with Gasteiger partial charge in [0, 0.05) is 44.3 Å². The van der Waals surface area contributed by atoms with Gasteiger partial charge in [-0.1, -0.05) is 0 Å². The van der Waals surface area contributed by atoms with Gasteiger partial charge in [0.05, 0.1) is 6.61 Å². The molecule has 3 fully saturated rings. The van der Waals surface area contributed by atoms with Gasteiger partial charge in [0.2, 0.25) is 0 Å². The first-order valence-corrected chi connectivity index (χ1v) is 8.44. The van der Waals surface area contributed by atoms with Crippen LogP contribution in [0.4, 0.5) is 0 Å². The Hall–Kier alpha value is -0.160. The maximum Gasteiger partial charge on any atom is 0.0546 e. The number of nitrogens with zero attached hydrogens (tertiary/aromatic N) is 1. The minimum atomic E-state index is 0.304. The summed E-state index contributed by atoms with van der Waals surface area (Å²) in [4.78, 5) is 2.58. The minimum absolute atomic E-state index is 0.304. The first-order valence-electron chi connectivity index (χ1n) is 8.44. The smallest absolute Gasteiger partial charge is 0.0546 e. The number of ether oxygens (including phenoxy) is 1. The van der Waals surface area contributed by atoms with Crippen molar-refractivity contribution in [2.45, 2.75) is 44.6 Å². The van der Waals surface area contributed by atoms with Crippen LogP contribution in [-0.2, 0) is 4.74 Å². The van der Waals surface area contributed by atoms with Gasteiger partial charge in [-0.05, 0) is 51.0 Å². The Labute approximate surface area is 122 Å². The van der Waals surface area contributed by atoms with Gasteiger partial charge in [0.1, 0.15) is 0 Å². The molecule has 0 aromatic rings. The molecule has 116 valence electrons. The van der Waals surface area contributed by atoms with Crippen molar-refractivity contribution in [1.29, 1.82) is 0 Å². The molecular formula is C16H30N2O2. The monoisotopic (exact) mass is 282 g/mol. The third-order valence-electron chi connectivity index (χ3n) is 5.17. The lowest BCUT2D eigenvalue weighted by atomic mass is 9.81. The summed E-state index contributed by atoms with van der Waals surface area (Å²) in [5.74, 6) is 0.488. The fourth-order valence-corrected chi connectivity index (χ4v) is 3.80. The molecule has 4 nitrogen and oxygen atoms in total. The van der Waals surface area contributed by atoms with Gasteiger partial charge in [-0.15, -0.1) is 0 Å². The first kappa shape index (κ1) is 14.8. The van der Waals surface area contributed by atoms with Crippen LogP contribution in [0.5, 0.6) is 0 Å². The molecule has 2 atom stereocenters. The van der Waals surface area contributed by atoms with Crippen LogP contribution in [0, 0.1) is 11.3 Å². The molecule has 0 bridgehead atoms. The van der Waals surface area contributed by atoms with Crippen molar-refractivity contribution >= 4 is 0 Å². The Balaban J connectivity index is 1.56. The van der Waals surface area contributed by atoms with E-state index < -0.39 is 0 Å². The molecule has 2 N–H and O–H groups in total. The van der Waals surface area contributed by atoms with Gasteiger partial charge < -0.3 is 20.1 Å². The predicted octanol–water partition coefficient (Wildman–Crippen LogP) is 1.24. The summed E-state index contributed by atoms with van der Waals surface area (Å²) >= 11 is 0. The fraction of sp³-hybridized carbons (Fsp3) is 1.00. The van der Waals surface area contributed by atoms with Crippen LogP contribution in [0.25, 0.3) is 0 Å². The van der Waals surface area contributed by atoms with E-state index in [-0.39, 0.29) is 0 Å². The number of aliphatic hydroxyl groups excluding tert-OH is 1. The number of aliphatic hydroxyl groups is 1. The van der Waals surface area contributed by atoms with Crippen LogP contribution in [0.2, 0.25) is 0 Å². The molecule has 20 heavy (non-hydrogen) atoms. The third-order valence-corrected chi connectivity index (χ3v) is 5.17. The number of nitrogens with one attached hydrogen (secondary N) is 1. The van der Waals surface area contributed by atoms with Crippen molar-refractivity contribution in [2.24, 2.45) is 11.3 Å². The molecule has 4 heteroatoms. The Bertz CT molecular complexity index is 301. The summed E-state index contributed by atoms with van der Waals surface area (Å²) in [6, 6.07) is 0.778. The normalized spacial score (nSPS) is 36.1. The number of hydrogen-bond donors (Lipinski definition) is 2. The van der Waals surface area contributed by atoms with Crippen molar-refractivity contribution in [2.75, 3.05) is 46.0 Å². The molecule has 3 aliphatic rings. The summed E-state index contributed by atoms with van der Waals surface area (Å²) in [6.07, 6.45) is 7.62. The van der Waals surface area contributed by atoms with E-state index in [9.17, 15) is 5.11 Å². The topological polar surface area (TPSA) is 44.7 Å². The Morgan fingerprint density at radius 1 is 1.25 bits per heavy atom. The second kappa shape index (κ2) is 6.73. The summed E-state index contributed by atoms with van der Waals surface area (Å²) in [5.41, 5.74) is 0.304. The molecule has 1 aliphatic carbocycles. The molecule has 2 heterocycles. The van der Waals surface area contributed by atoms with Gasteiger partial charge in [0.25, 0.3) is 0 Å². The summed E-state index contributed by atoms with van der Waals surface area (Å²) in [7, 11) is 0. The van der Waals surface area contributed by atoms with E-state index in [1.54, 1.807) is 0 Å². The molecule has 3 rings (SSSR count). The molecule has 2 aliphatic heterocycles. The van der Waals surface area contributed by atoms with Crippen molar-refractivity contribution in [3.05, 3.63) is 0 Å². The molecular weight excluding hydrogens is 252 g/mol. The second-order valence-corrected chi connectivity index (χ2v) is 7.24. The van der Waals surface area contributed by atoms with Gasteiger partial charge in [0.15, 0.2) is 0 Å². The maximum atomic E-state index is 9.40. The van der Waals surface area contributed by atoms with Gasteiger partial charge in [-0.25, -0.2) is 0 Å². The second-order valence-electron chi connectivity index (χ2n) is 7.24. The zero-order valence-electron chi connectivity index (χ0n) is 12.6. The molecule has 0 radical (unpaired) electrons. The van der Waals surface area contributed by atoms with Crippen LogP contribution < -0.4 is 5.32 Å². The van der Waals surface area contributed by atoms with Crippen LogP contribution in [0.1, 0.15) is 38.5 Å².